The molecule has 0 aliphatic heterocycles. The number of unbranched alkanes of at least 4 members (excludes halogenated alkanes) is 8. The Hall–Kier alpha value is 0.400. The summed E-state index contributed by atoms with van der Waals surface area (Å²) in [6.07, 6.45) is 24.4. The Labute approximate surface area is 161 Å². The summed E-state index contributed by atoms with van der Waals surface area (Å²) >= 11 is 6.94. The molecule has 0 aromatic carbocycles. The van der Waals surface area contributed by atoms with Gasteiger partial charge in [0, 0.05) is 10.7 Å². The van der Waals surface area contributed by atoms with Crippen molar-refractivity contribution in [2.45, 2.75) is 77.0 Å². The van der Waals surface area contributed by atoms with Crippen LogP contribution in [0.2, 0.25) is 0 Å². The Morgan fingerprint density at radius 2 is 0.870 bits per heavy atom. The number of ether oxygens (including phenoxy) is 1. The van der Waals surface area contributed by atoms with E-state index in [0.29, 0.717) is 0 Å². The van der Waals surface area contributed by atoms with Gasteiger partial charge < -0.3 is 4.74 Å². The highest BCUT2D eigenvalue weighted by atomic mass is 79.9. The summed E-state index contributed by atoms with van der Waals surface area (Å²) in [4.78, 5) is 0. The van der Waals surface area contributed by atoms with Crippen LogP contribution in [0.4, 0.5) is 0 Å². The van der Waals surface area contributed by atoms with Crippen molar-refractivity contribution in [1.29, 1.82) is 0 Å². The summed E-state index contributed by atoms with van der Waals surface area (Å²) in [6, 6.07) is 0. The Bertz CT molecular complexity index is 238. The molecule has 0 bridgehead atoms. The van der Waals surface area contributed by atoms with E-state index in [1.165, 1.54) is 64.2 Å². The zero-order chi connectivity index (χ0) is 16.8. The van der Waals surface area contributed by atoms with E-state index < -0.39 is 0 Å². The molecule has 0 aromatic rings. The third kappa shape index (κ3) is 22.4. The normalized spacial score (nSPS) is 11.9. The molecule has 0 rings (SSSR count). The molecule has 0 fully saturated rings. The van der Waals surface area contributed by atoms with Crippen molar-refractivity contribution < 1.29 is 4.74 Å². The Balaban J connectivity index is 3.12. The van der Waals surface area contributed by atoms with Crippen LogP contribution in [0.25, 0.3) is 0 Å². The van der Waals surface area contributed by atoms with Crippen molar-refractivity contribution in [3.63, 3.8) is 0 Å². The average Bonchev–Trinajstić information content (AvgIpc) is 2.57. The highest BCUT2D eigenvalue weighted by Crippen LogP contribution is 2.06. The molecular weight excluding hydrogens is 416 g/mol. The van der Waals surface area contributed by atoms with Crippen molar-refractivity contribution >= 4 is 31.9 Å². The van der Waals surface area contributed by atoms with E-state index >= 15 is 0 Å². The van der Waals surface area contributed by atoms with Gasteiger partial charge in [-0.1, -0.05) is 81.8 Å². The van der Waals surface area contributed by atoms with E-state index in [-0.39, 0.29) is 0 Å². The van der Waals surface area contributed by atoms with Crippen LogP contribution in [0, 0.1) is 0 Å². The number of halogens is 2. The predicted octanol–water partition coefficient (Wildman–Crippen LogP) is 7.59. The molecule has 0 aliphatic carbocycles. The molecule has 0 amide bonds. The monoisotopic (exact) mass is 450 g/mol. The lowest BCUT2D eigenvalue weighted by molar-refractivity contribution is 0.143. The van der Waals surface area contributed by atoms with E-state index in [1.54, 1.807) is 0 Å². The summed E-state index contributed by atoms with van der Waals surface area (Å²) in [5, 5.41) is 2.29. The second kappa shape index (κ2) is 22.4. The molecule has 3 heteroatoms. The summed E-state index contributed by atoms with van der Waals surface area (Å²) in [5.74, 6) is 0. The molecule has 0 heterocycles. The molecule has 0 unspecified atom stereocenters. The van der Waals surface area contributed by atoms with Crippen molar-refractivity contribution in [1.82, 2.24) is 0 Å². The van der Waals surface area contributed by atoms with Crippen LogP contribution in [-0.2, 0) is 4.74 Å². The first-order chi connectivity index (χ1) is 11.4. The molecule has 0 saturated heterocycles. The molecule has 1 nitrogen and oxygen atoms in total. The third-order valence-corrected chi connectivity index (χ3v) is 4.82. The van der Waals surface area contributed by atoms with E-state index in [4.69, 9.17) is 4.74 Å². The molecule has 0 radical (unpaired) electrons. The maximum atomic E-state index is 5.64. The molecule has 0 atom stereocenters. The molecule has 0 aliphatic rings. The standard InChI is InChI=1S/C20H36Br2O/c21-17-13-9-5-1-3-7-11-15-19-23-20-16-12-8-4-2-6-10-14-18-22/h7-8,11-12H,1-6,9-10,13-20H2. The van der Waals surface area contributed by atoms with Crippen molar-refractivity contribution in [2.75, 3.05) is 23.9 Å². The van der Waals surface area contributed by atoms with Gasteiger partial charge in [0.25, 0.3) is 0 Å². The fourth-order valence-corrected chi connectivity index (χ4v) is 3.09. The first-order valence-corrected chi connectivity index (χ1v) is 11.7. The minimum Gasteiger partial charge on any atom is -0.381 e. The summed E-state index contributed by atoms with van der Waals surface area (Å²) < 4.78 is 5.64. The van der Waals surface area contributed by atoms with Crippen LogP contribution in [0.5, 0.6) is 0 Å². The molecule has 0 saturated carbocycles. The number of rotatable bonds is 18. The molecule has 0 aromatic heterocycles. The molecular formula is C20H36Br2O. The SMILES string of the molecule is BrCCCCCCC=CCCOCCC=CCCCCCCBr. The maximum absolute atomic E-state index is 5.64. The largest absolute Gasteiger partial charge is 0.381 e. The van der Waals surface area contributed by atoms with Crippen molar-refractivity contribution in [3.05, 3.63) is 24.3 Å². The van der Waals surface area contributed by atoms with E-state index in [9.17, 15) is 0 Å². The lowest BCUT2D eigenvalue weighted by Crippen LogP contribution is -1.94. The molecule has 0 N–H and O–H groups in total. The van der Waals surface area contributed by atoms with Crippen LogP contribution in [-0.4, -0.2) is 23.9 Å². The number of alkyl halides is 2. The third-order valence-electron chi connectivity index (χ3n) is 3.70. The summed E-state index contributed by atoms with van der Waals surface area (Å²) in [5.41, 5.74) is 0. The fraction of sp³-hybridized carbons (Fsp3) is 0.800. The fourth-order valence-electron chi connectivity index (χ4n) is 2.30. The van der Waals surface area contributed by atoms with Gasteiger partial charge >= 0.3 is 0 Å². The van der Waals surface area contributed by atoms with Crippen molar-refractivity contribution in [2.24, 2.45) is 0 Å². The van der Waals surface area contributed by atoms with Gasteiger partial charge in [0.2, 0.25) is 0 Å². The van der Waals surface area contributed by atoms with E-state index in [2.05, 4.69) is 56.2 Å². The molecule has 136 valence electrons. The number of hydrogen-bond donors (Lipinski definition) is 0. The van der Waals surface area contributed by atoms with Gasteiger partial charge in [-0.2, -0.15) is 0 Å². The highest BCUT2D eigenvalue weighted by Gasteiger charge is 1.89. The predicted molar refractivity (Wildman–Crippen MR) is 112 cm³/mol. The van der Waals surface area contributed by atoms with Gasteiger partial charge in [0.15, 0.2) is 0 Å². The summed E-state index contributed by atoms with van der Waals surface area (Å²) in [7, 11) is 0. The Kier molecular flexibility index (Phi) is 22.8. The second-order valence-electron chi connectivity index (χ2n) is 5.92. The average molecular weight is 452 g/mol. The number of allylic oxidation sites excluding steroid dienone is 2. The van der Waals surface area contributed by atoms with Gasteiger partial charge in [-0.3, -0.25) is 0 Å². The van der Waals surface area contributed by atoms with Crippen LogP contribution in [0.3, 0.4) is 0 Å². The zero-order valence-electron chi connectivity index (χ0n) is 14.8. The molecule has 0 spiro atoms. The first kappa shape index (κ1) is 23.4. The van der Waals surface area contributed by atoms with Gasteiger partial charge in [-0.15, -0.1) is 0 Å². The minimum absolute atomic E-state index is 0.862. The van der Waals surface area contributed by atoms with Gasteiger partial charge in [-0.05, 0) is 51.4 Å². The lowest BCUT2D eigenvalue weighted by atomic mass is 10.1. The topological polar surface area (TPSA) is 9.23 Å². The van der Waals surface area contributed by atoms with Crippen LogP contribution in [0.15, 0.2) is 24.3 Å². The molecule has 23 heavy (non-hydrogen) atoms. The maximum Gasteiger partial charge on any atom is 0.0500 e. The van der Waals surface area contributed by atoms with Gasteiger partial charge in [0.05, 0.1) is 13.2 Å². The minimum atomic E-state index is 0.862. The van der Waals surface area contributed by atoms with Crippen LogP contribution < -0.4 is 0 Å². The quantitative estimate of drug-likeness (QED) is 0.118. The van der Waals surface area contributed by atoms with Crippen LogP contribution in [0.1, 0.15) is 77.0 Å². The smallest absolute Gasteiger partial charge is 0.0500 e. The van der Waals surface area contributed by atoms with Crippen molar-refractivity contribution in [3.8, 4) is 0 Å². The van der Waals surface area contributed by atoms with E-state index in [1.807, 2.05) is 0 Å². The Morgan fingerprint density at radius 3 is 1.30 bits per heavy atom. The Morgan fingerprint density at radius 1 is 0.478 bits per heavy atom. The second-order valence-corrected chi connectivity index (χ2v) is 7.50. The summed E-state index contributed by atoms with van der Waals surface area (Å²) in [6.45, 7) is 1.72. The number of hydrogen-bond acceptors (Lipinski definition) is 1. The van der Waals surface area contributed by atoms with Gasteiger partial charge in [-0.25, -0.2) is 0 Å². The van der Waals surface area contributed by atoms with Crippen LogP contribution >= 0.6 is 31.9 Å². The zero-order valence-corrected chi connectivity index (χ0v) is 18.0. The van der Waals surface area contributed by atoms with E-state index in [0.717, 1.165) is 36.7 Å². The first-order valence-electron chi connectivity index (χ1n) is 9.41. The highest BCUT2D eigenvalue weighted by molar-refractivity contribution is 9.09. The lowest BCUT2D eigenvalue weighted by Gasteiger charge is -1.99. The van der Waals surface area contributed by atoms with Gasteiger partial charge in [0.1, 0.15) is 0 Å².